The van der Waals surface area contributed by atoms with Crippen molar-refractivity contribution < 1.29 is 9.47 Å². The third-order valence-corrected chi connectivity index (χ3v) is 5.03. The maximum atomic E-state index is 5.57. The number of fused-ring (bicyclic) bond motifs is 1. The molecule has 0 atom stereocenters. The topological polar surface area (TPSA) is 65.0 Å². The average molecular weight is 392 g/mol. The van der Waals surface area contributed by atoms with Gasteiger partial charge in [-0.3, -0.25) is 5.10 Å². The molecule has 0 aliphatic rings. The molecule has 0 bridgehead atoms. The number of nitrogens with one attached hydrogen (secondary N) is 1. The van der Waals surface area contributed by atoms with Crippen molar-refractivity contribution in [2.24, 2.45) is 0 Å². The van der Waals surface area contributed by atoms with E-state index in [2.05, 4.69) is 10.2 Å². The fourth-order valence-electron chi connectivity index (χ4n) is 3.33. The summed E-state index contributed by atoms with van der Waals surface area (Å²) in [6.07, 6.45) is 0. The number of rotatable bonds is 5. The number of ether oxygens (including phenoxy) is 2. The Bertz CT molecular complexity index is 1210. The molecule has 4 aromatic rings. The van der Waals surface area contributed by atoms with E-state index in [9.17, 15) is 0 Å². The van der Waals surface area contributed by atoms with Gasteiger partial charge in [0.25, 0.3) is 0 Å². The van der Waals surface area contributed by atoms with Crippen LogP contribution in [0.1, 0.15) is 6.92 Å². The molecule has 0 amide bonds. The normalized spacial score (nSPS) is 11.0. The molecule has 0 aliphatic heterocycles. The quantitative estimate of drug-likeness (QED) is 0.491. The molecule has 0 unspecified atom stereocenters. The molecule has 6 nitrogen and oxygen atoms in total. The van der Waals surface area contributed by atoms with Crippen molar-refractivity contribution in [2.45, 2.75) is 13.5 Å². The fourth-order valence-corrected chi connectivity index (χ4v) is 3.59. The van der Waals surface area contributed by atoms with E-state index in [4.69, 9.17) is 26.7 Å². The number of aromatic nitrogens is 4. The Balaban J connectivity index is 2.04. The van der Waals surface area contributed by atoms with Crippen LogP contribution >= 0.6 is 12.2 Å². The average Bonchev–Trinajstić information content (AvgIpc) is 3.12. The lowest BCUT2D eigenvalue weighted by Crippen LogP contribution is -2.00. The Morgan fingerprint density at radius 1 is 1.04 bits per heavy atom. The third-order valence-electron chi connectivity index (χ3n) is 4.71. The van der Waals surface area contributed by atoms with E-state index in [0.29, 0.717) is 4.77 Å². The van der Waals surface area contributed by atoms with Crippen molar-refractivity contribution in [3.05, 3.63) is 53.3 Å². The molecule has 0 saturated heterocycles. The van der Waals surface area contributed by atoms with Gasteiger partial charge in [0.05, 0.1) is 25.4 Å². The molecular formula is C21H20N4O2S. The molecule has 2 aromatic carbocycles. The van der Waals surface area contributed by atoms with Crippen LogP contribution in [0.15, 0.2) is 48.5 Å². The predicted octanol–water partition coefficient (Wildman–Crippen LogP) is 4.86. The van der Waals surface area contributed by atoms with Gasteiger partial charge in [-0.1, -0.05) is 18.2 Å². The first kappa shape index (κ1) is 18.2. The smallest absolute Gasteiger partial charge is 0.195 e. The van der Waals surface area contributed by atoms with Crippen LogP contribution in [0.3, 0.4) is 0 Å². The van der Waals surface area contributed by atoms with E-state index in [1.807, 2.05) is 60.0 Å². The fraction of sp³-hybridized carbons (Fsp3) is 0.190. The van der Waals surface area contributed by atoms with Gasteiger partial charge in [-0.2, -0.15) is 5.10 Å². The number of hydrogen-bond acceptors (Lipinski definition) is 5. The van der Waals surface area contributed by atoms with Crippen molar-refractivity contribution in [2.75, 3.05) is 14.2 Å². The molecule has 0 fully saturated rings. The standard InChI is InChI=1S/C21H20N4O2S/c1-4-25-20(23-24-21(25)28)15-12-18(22-17-8-6-5-7-14(15)17)16-11-13(26-2)9-10-19(16)27-3/h5-12H,4H2,1-3H3,(H,24,28). The van der Waals surface area contributed by atoms with Gasteiger partial charge in [0.15, 0.2) is 10.6 Å². The van der Waals surface area contributed by atoms with Gasteiger partial charge in [0.2, 0.25) is 0 Å². The van der Waals surface area contributed by atoms with Gasteiger partial charge < -0.3 is 14.0 Å². The Morgan fingerprint density at radius 2 is 1.86 bits per heavy atom. The number of para-hydroxylation sites is 1. The number of aromatic amines is 1. The molecule has 2 heterocycles. The highest BCUT2D eigenvalue weighted by Gasteiger charge is 2.17. The zero-order valence-electron chi connectivity index (χ0n) is 15.9. The molecule has 0 aliphatic carbocycles. The SMILES string of the molecule is CCn1c(-c2cc(-c3cc(OC)ccc3OC)nc3ccccc23)n[nH]c1=S. The molecule has 28 heavy (non-hydrogen) atoms. The predicted molar refractivity (Wildman–Crippen MR) is 112 cm³/mol. The van der Waals surface area contributed by atoms with Gasteiger partial charge in [-0.05, 0) is 49.5 Å². The summed E-state index contributed by atoms with van der Waals surface area (Å²) in [4.78, 5) is 4.87. The first-order valence-corrected chi connectivity index (χ1v) is 9.34. The molecule has 142 valence electrons. The second-order valence-corrected chi connectivity index (χ2v) is 6.62. The molecule has 0 spiro atoms. The van der Waals surface area contributed by atoms with Crippen molar-refractivity contribution in [3.8, 4) is 34.1 Å². The van der Waals surface area contributed by atoms with E-state index in [0.717, 1.165) is 51.6 Å². The second-order valence-electron chi connectivity index (χ2n) is 6.24. The van der Waals surface area contributed by atoms with Crippen LogP contribution in [0, 0.1) is 4.77 Å². The first-order chi connectivity index (χ1) is 13.7. The zero-order valence-corrected chi connectivity index (χ0v) is 16.7. The highest BCUT2D eigenvalue weighted by atomic mass is 32.1. The highest BCUT2D eigenvalue weighted by molar-refractivity contribution is 7.71. The summed E-state index contributed by atoms with van der Waals surface area (Å²) in [7, 11) is 3.29. The number of pyridine rings is 1. The van der Waals surface area contributed by atoms with E-state index in [1.54, 1.807) is 14.2 Å². The van der Waals surface area contributed by atoms with Crippen LogP contribution in [0.4, 0.5) is 0 Å². The summed E-state index contributed by atoms with van der Waals surface area (Å²) in [5.74, 6) is 2.25. The van der Waals surface area contributed by atoms with E-state index in [1.165, 1.54) is 0 Å². The lowest BCUT2D eigenvalue weighted by atomic mass is 10.0. The van der Waals surface area contributed by atoms with Crippen molar-refractivity contribution in [1.29, 1.82) is 0 Å². The zero-order chi connectivity index (χ0) is 19.7. The second kappa shape index (κ2) is 7.44. The Labute approximate surface area is 167 Å². The number of benzene rings is 2. The van der Waals surface area contributed by atoms with Gasteiger partial charge in [-0.25, -0.2) is 4.98 Å². The molecule has 0 radical (unpaired) electrons. The van der Waals surface area contributed by atoms with Crippen LogP contribution in [0.25, 0.3) is 33.5 Å². The van der Waals surface area contributed by atoms with Crippen LogP contribution in [0.5, 0.6) is 11.5 Å². The largest absolute Gasteiger partial charge is 0.497 e. The number of hydrogen-bond donors (Lipinski definition) is 1. The minimum Gasteiger partial charge on any atom is -0.497 e. The Morgan fingerprint density at radius 3 is 2.61 bits per heavy atom. The van der Waals surface area contributed by atoms with Crippen LogP contribution < -0.4 is 9.47 Å². The maximum absolute atomic E-state index is 5.57. The van der Waals surface area contributed by atoms with Crippen molar-refractivity contribution >= 4 is 23.1 Å². The van der Waals surface area contributed by atoms with E-state index >= 15 is 0 Å². The van der Waals surface area contributed by atoms with Gasteiger partial charge in [0, 0.05) is 23.1 Å². The third kappa shape index (κ3) is 3.03. The van der Waals surface area contributed by atoms with Gasteiger partial charge in [0.1, 0.15) is 11.5 Å². The number of methoxy groups -OCH3 is 2. The number of nitrogens with zero attached hydrogens (tertiary/aromatic N) is 3. The van der Waals surface area contributed by atoms with Crippen LogP contribution in [0.2, 0.25) is 0 Å². The highest BCUT2D eigenvalue weighted by Crippen LogP contribution is 2.36. The summed E-state index contributed by atoms with van der Waals surface area (Å²) in [6, 6.07) is 15.7. The summed E-state index contributed by atoms with van der Waals surface area (Å²) >= 11 is 5.39. The number of H-pyrrole nitrogens is 1. The van der Waals surface area contributed by atoms with Crippen molar-refractivity contribution in [3.63, 3.8) is 0 Å². The van der Waals surface area contributed by atoms with E-state index < -0.39 is 0 Å². The molecule has 0 saturated carbocycles. The monoisotopic (exact) mass is 392 g/mol. The summed E-state index contributed by atoms with van der Waals surface area (Å²) < 4.78 is 13.5. The Kier molecular flexibility index (Phi) is 4.83. The molecule has 1 N–H and O–H groups in total. The molecule has 2 aromatic heterocycles. The summed E-state index contributed by atoms with van der Waals surface area (Å²) in [6.45, 7) is 2.77. The lowest BCUT2D eigenvalue weighted by molar-refractivity contribution is 0.404. The van der Waals surface area contributed by atoms with Gasteiger partial charge in [-0.15, -0.1) is 0 Å². The molecule has 4 rings (SSSR count). The summed E-state index contributed by atoms with van der Waals surface area (Å²) in [5.41, 5.74) is 3.46. The van der Waals surface area contributed by atoms with Gasteiger partial charge >= 0.3 is 0 Å². The van der Waals surface area contributed by atoms with Crippen LogP contribution in [-0.2, 0) is 6.54 Å². The van der Waals surface area contributed by atoms with E-state index in [-0.39, 0.29) is 0 Å². The minimum atomic E-state index is 0.596. The minimum absolute atomic E-state index is 0.596. The van der Waals surface area contributed by atoms with Crippen LogP contribution in [-0.4, -0.2) is 34.0 Å². The lowest BCUT2D eigenvalue weighted by Gasteiger charge is -2.13. The maximum Gasteiger partial charge on any atom is 0.195 e. The van der Waals surface area contributed by atoms with Crippen molar-refractivity contribution in [1.82, 2.24) is 19.7 Å². The Hall–Kier alpha value is -3.19. The molecule has 7 heteroatoms. The first-order valence-electron chi connectivity index (χ1n) is 8.94. The summed E-state index contributed by atoms with van der Waals surface area (Å²) in [5, 5.41) is 8.39. The molecular weight excluding hydrogens is 372 g/mol.